The predicted molar refractivity (Wildman–Crippen MR) is 163 cm³/mol. The standard InChI is InChI=1S/C33H28Cl2N2O4/c1-3-39-31-18-25(17-30(35)32(31)41-21-24-8-10-27(34)11-9-24)16-26(19-36)33(38)37-28-12-14-29(15-13-28)40-20-23-6-4-22(2)5-7-23/h4-18H,3,20-21H2,1-2H3,(H,37,38)/b26-16+. The van der Waals surface area contributed by atoms with E-state index >= 15 is 0 Å². The summed E-state index contributed by atoms with van der Waals surface area (Å²) < 4.78 is 17.5. The molecule has 4 rings (SSSR count). The summed E-state index contributed by atoms with van der Waals surface area (Å²) in [6.45, 7) is 4.94. The van der Waals surface area contributed by atoms with Crippen LogP contribution in [-0.2, 0) is 18.0 Å². The summed E-state index contributed by atoms with van der Waals surface area (Å²) >= 11 is 12.5. The maximum atomic E-state index is 12.9. The van der Waals surface area contributed by atoms with E-state index in [0.29, 0.717) is 46.7 Å². The molecule has 0 aromatic heterocycles. The van der Waals surface area contributed by atoms with Crippen molar-refractivity contribution in [1.29, 1.82) is 5.26 Å². The predicted octanol–water partition coefficient (Wildman–Crippen LogP) is 8.40. The number of halogens is 2. The average Bonchev–Trinajstić information content (AvgIpc) is 2.97. The molecule has 0 atom stereocenters. The van der Waals surface area contributed by atoms with Gasteiger partial charge in [-0.2, -0.15) is 5.26 Å². The summed E-state index contributed by atoms with van der Waals surface area (Å²) in [6.07, 6.45) is 1.45. The Kier molecular flexibility index (Phi) is 10.3. The molecule has 0 radical (unpaired) electrons. The van der Waals surface area contributed by atoms with Crippen molar-refractivity contribution >= 4 is 40.9 Å². The van der Waals surface area contributed by atoms with Crippen molar-refractivity contribution in [2.75, 3.05) is 11.9 Å². The maximum absolute atomic E-state index is 12.9. The Morgan fingerprint density at radius 3 is 2.15 bits per heavy atom. The topological polar surface area (TPSA) is 80.6 Å². The third kappa shape index (κ3) is 8.52. The highest BCUT2D eigenvalue weighted by molar-refractivity contribution is 6.32. The minimum atomic E-state index is -0.557. The van der Waals surface area contributed by atoms with Gasteiger partial charge in [0.1, 0.15) is 30.6 Å². The van der Waals surface area contributed by atoms with Gasteiger partial charge in [-0.05, 0) is 85.1 Å². The minimum absolute atomic E-state index is 0.0990. The summed E-state index contributed by atoms with van der Waals surface area (Å²) in [4.78, 5) is 12.9. The number of hydrogen-bond donors (Lipinski definition) is 1. The van der Waals surface area contributed by atoms with Gasteiger partial charge in [0.15, 0.2) is 11.5 Å². The third-order valence-electron chi connectivity index (χ3n) is 5.94. The maximum Gasteiger partial charge on any atom is 0.266 e. The first kappa shape index (κ1) is 29.5. The van der Waals surface area contributed by atoms with Crippen molar-refractivity contribution < 1.29 is 19.0 Å². The van der Waals surface area contributed by atoms with Gasteiger partial charge in [-0.15, -0.1) is 0 Å². The molecule has 6 nitrogen and oxygen atoms in total. The Morgan fingerprint density at radius 2 is 1.51 bits per heavy atom. The molecule has 0 fully saturated rings. The fourth-order valence-corrected chi connectivity index (χ4v) is 4.21. The number of anilines is 1. The SMILES string of the molecule is CCOc1cc(/C=C(\C#N)C(=O)Nc2ccc(OCc3ccc(C)cc3)cc2)cc(Cl)c1OCc1ccc(Cl)cc1. The smallest absolute Gasteiger partial charge is 0.266 e. The molecule has 4 aromatic carbocycles. The zero-order chi connectivity index (χ0) is 29.2. The van der Waals surface area contributed by atoms with Crippen molar-refractivity contribution in [3.05, 3.63) is 123 Å². The van der Waals surface area contributed by atoms with Gasteiger partial charge in [-0.25, -0.2) is 0 Å². The molecular formula is C33H28Cl2N2O4. The summed E-state index contributed by atoms with van der Waals surface area (Å²) in [5, 5.41) is 13.4. The molecule has 0 saturated heterocycles. The van der Waals surface area contributed by atoms with Crippen LogP contribution in [0.5, 0.6) is 17.2 Å². The van der Waals surface area contributed by atoms with Gasteiger partial charge < -0.3 is 19.5 Å². The fraction of sp³-hybridized carbons (Fsp3) is 0.152. The minimum Gasteiger partial charge on any atom is -0.490 e. The van der Waals surface area contributed by atoms with Crippen LogP contribution in [0.3, 0.4) is 0 Å². The lowest BCUT2D eigenvalue weighted by Crippen LogP contribution is -2.13. The van der Waals surface area contributed by atoms with Crippen molar-refractivity contribution in [2.45, 2.75) is 27.1 Å². The zero-order valence-corrected chi connectivity index (χ0v) is 24.1. The van der Waals surface area contributed by atoms with Crippen LogP contribution in [0.2, 0.25) is 10.0 Å². The molecule has 1 amide bonds. The molecule has 0 heterocycles. The number of carbonyl (C=O) groups is 1. The van der Waals surface area contributed by atoms with Gasteiger partial charge in [0.2, 0.25) is 0 Å². The Hall–Kier alpha value is -4.44. The summed E-state index contributed by atoms with van der Waals surface area (Å²) in [5.74, 6) is 0.876. The van der Waals surface area contributed by atoms with Gasteiger partial charge in [0.05, 0.1) is 11.6 Å². The molecular weight excluding hydrogens is 559 g/mol. The number of benzene rings is 4. The molecule has 208 valence electrons. The van der Waals surface area contributed by atoms with Crippen molar-refractivity contribution in [3.63, 3.8) is 0 Å². The lowest BCUT2D eigenvalue weighted by Gasteiger charge is -2.15. The molecule has 0 aliphatic heterocycles. The van der Waals surface area contributed by atoms with Crippen molar-refractivity contribution in [2.24, 2.45) is 0 Å². The van der Waals surface area contributed by atoms with E-state index in [9.17, 15) is 10.1 Å². The Labute approximate surface area is 249 Å². The van der Waals surface area contributed by atoms with Gasteiger partial charge in [0.25, 0.3) is 5.91 Å². The van der Waals surface area contributed by atoms with Crippen LogP contribution in [0.15, 0.2) is 90.5 Å². The molecule has 41 heavy (non-hydrogen) atoms. The first-order chi connectivity index (χ1) is 19.8. The van der Waals surface area contributed by atoms with Crippen molar-refractivity contribution in [3.8, 4) is 23.3 Å². The van der Waals surface area contributed by atoms with E-state index in [2.05, 4.69) is 5.32 Å². The van der Waals surface area contributed by atoms with Gasteiger partial charge in [-0.1, -0.05) is 65.2 Å². The highest BCUT2D eigenvalue weighted by Crippen LogP contribution is 2.38. The van der Waals surface area contributed by atoms with Crippen LogP contribution < -0.4 is 19.5 Å². The van der Waals surface area contributed by atoms with E-state index in [1.165, 1.54) is 11.6 Å². The molecule has 0 aliphatic rings. The van der Waals surface area contributed by atoms with Crippen LogP contribution in [0, 0.1) is 18.3 Å². The molecule has 0 unspecified atom stereocenters. The first-order valence-electron chi connectivity index (χ1n) is 12.9. The molecule has 4 aromatic rings. The number of aryl methyl sites for hydroxylation is 1. The third-order valence-corrected chi connectivity index (χ3v) is 6.48. The number of rotatable bonds is 11. The Morgan fingerprint density at radius 1 is 0.878 bits per heavy atom. The number of nitriles is 1. The van der Waals surface area contributed by atoms with Crippen LogP contribution in [0.4, 0.5) is 5.69 Å². The quantitative estimate of drug-likeness (QED) is 0.141. The van der Waals surface area contributed by atoms with E-state index in [4.69, 9.17) is 37.4 Å². The van der Waals surface area contributed by atoms with Gasteiger partial charge in [0, 0.05) is 10.7 Å². The number of ether oxygens (including phenoxy) is 3. The van der Waals surface area contributed by atoms with Crippen LogP contribution in [0.1, 0.15) is 29.2 Å². The molecule has 0 saturated carbocycles. The van der Waals surface area contributed by atoms with Crippen LogP contribution in [0.25, 0.3) is 6.08 Å². The second-order valence-corrected chi connectivity index (χ2v) is 9.94. The molecule has 0 spiro atoms. The summed E-state index contributed by atoms with van der Waals surface area (Å²) in [5.41, 5.74) is 4.10. The monoisotopic (exact) mass is 586 g/mol. The fourth-order valence-electron chi connectivity index (χ4n) is 3.81. The van der Waals surface area contributed by atoms with E-state index < -0.39 is 5.91 Å². The lowest BCUT2D eigenvalue weighted by molar-refractivity contribution is -0.112. The molecule has 1 N–H and O–H groups in total. The Bertz CT molecular complexity index is 1560. The highest BCUT2D eigenvalue weighted by atomic mass is 35.5. The number of amides is 1. The second-order valence-electron chi connectivity index (χ2n) is 9.10. The van der Waals surface area contributed by atoms with E-state index in [1.54, 1.807) is 48.5 Å². The van der Waals surface area contributed by atoms with E-state index in [0.717, 1.165) is 11.1 Å². The van der Waals surface area contributed by atoms with Crippen molar-refractivity contribution in [1.82, 2.24) is 0 Å². The van der Waals surface area contributed by atoms with Gasteiger partial charge >= 0.3 is 0 Å². The van der Waals surface area contributed by atoms with E-state index in [1.807, 2.05) is 56.3 Å². The Balaban J connectivity index is 1.43. The lowest BCUT2D eigenvalue weighted by atomic mass is 10.1. The zero-order valence-electron chi connectivity index (χ0n) is 22.6. The highest BCUT2D eigenvalue weighted by Gasteiger charge is 2.15. The summed E-state index contributed by atoms with van der Waals surface area (Å²) in [7, 11) is 0. The number of hydrogen-bond acceptors (Lipinski definition) is 5. The molecule has 0 bridgehead atoms. The number of carbonyl (C=O) groups excluding carboxylic acids is 1. The number of nitrogens with one attached hydrogen (secondary N) is 1. The number of nitrogens with zero attached hydrogens (tertiary/aromatic N) is 1. The second kappa shape index (κ2) is 14.3. The van der Waals surface area contributed by atoms with Crippen LogP contribution >= 0.6 is 23.2 Å². The normalized spacial score (nSPS) is 11.0. The average molecular weight is 588 g/mol. The molecule has 8 heteroatoms. The largest absolute Gasteiger partial charge is 0.490 e. The summed E-state index contributed by atoms with van der Waals surface area (Å²) in [6, 6.07) is 27.6. The van der Waals surface area contributed by atoms with E-state index in [-0.39, 0.29) is 17.2 Å². The molecule has 0 aliphatic carbocycles. The van der Waals surface area contributed by atoms with Crippen LogP contribution in [-0.4, -0.2) is 12.5 Å². The first-order valence-corrected chi connectivity index (χ1v) is 13.7. The van der Waals surface area contributed by atoms with Gasteiger partial charge in [-0.3, -0.25) is 4.79 Å².